The molecule has 19 heavy (non-hydrogen) atoms. The molecule has 1 fully saturated rings. The fourth-order valence-electron chi connectivity index (χ4n) is 2.66. The molecule has 1 aliphatic rings. The van der Waals surface area contributed by atoms with Crippen molar-refractivity contribution in [2.75, 3.05) is 5.75 Å². The Hall–Kier alpha value is -0.180. The predicted molar refractivity (Wildman–Crippen MR) is 86.1 cm³/mol. The summed E-state index contributed by atoms with van der Waals surface area (Å²) >= 11 is 8.33. The summed E-state index contributed by atoms with van der Waals surface area (Å²) in [4.78, 5) is 1.34. The topological polar surface area (TPSA) is 26.0 Å². The summed E-state index contributed by atoms with van der Waals surface area (Å²) in [5.41, 5.74) is 7.34. The minimum absolute atomic E-state index is 0.214. The number of benzene rings is 1. The van der Waals surface area contributed by atoms with Gasteiger partial charge in [-0.3, -0.25) is 0 Å². The van der Waals surface area contributed by atoms with Crippen LogP contribution in [0.3, 0.4) is 0 Å². The van der Waals surface area contributed by atoms with E-state index in [1.165, 1.54) is 41.9 Å². The van der Waals surface area contributed by atoms with Crippen molar-refractivity contribution in [1.82, 2.24) is 0 Å². The normalized spacial score (nSPS) is 17.8. The molecule has 1 nitrogen and oxygen atoms in total. The zero-order chi connectivity index (χ0) is 13.7. The Morgan fingerprint density at radius 1 is 1.37 bits per heavy atom. The lowest BCUT2D eigenvalue weighted by molar-refractivity contribution is 0.622. The Kier molecular flexibility index (Phi) is 6.06. The minimum atomic E-state index is 0.214. The third kappa shape index (κ3) is 4.40. The molecule has 0 amide bonds. The first-order valence-electron chi connectivity index (χ1n) is 7.36. The van der Waals surface area contributed by atoms with Gasteiger partial charge < -0.3 is 5.73 Å². The molecular weight excluding hydrogens is 274 g/mol. The van der Waals surface area contributed by atoms with Gasteiger partial charge in [0.2, 0.25) is 0 Å². The summed E-state index contributed by atoms with van der Waals surface area (Å²) in [6.07, 6.45) is 7.51. The predicted octanol–water partition coefficient (Wildman–Crippen LogP) is 4.90. The van der Waals surface area contributed by atoms with Gasteiger partial charge in [0, 0.05) is 21.7 Å². The number of nitrogens with two attached hydrogens (primary N) is 1. The lowest BCUT2D eigenvalue weighted by Gasteiger charge is -2.16. The van der Waals surface area contributed by atoms with Crippen LogP contribution < -0.4 is 5.73 Å². The Bertz CT molecular complexity index is 402. The zero-order valence-corrected chi connectivity index (χ0v) is 13.3. The molecule has 2 rings (SSSR count). The average molecular weight is 298 g/mol. The number of thioether (sulfide) groups is 1. The number of hydrogen-bond acceptors (Lipinski definition) is 2. The molecule has 2 N–H and O–H groups in total. The highest BCUT2D eigenvalue weighted by atomic mass is 35.5. The number of rotatable bonds is 6. The quantitative estimate of drug-likeness (QED) is 0.756. The zero-order valence-electron chi connectivity index (χ0n) is 11.7. The summed E-state index contributed by atoms with van der Waals surface area (Å²) in [7, 11) is 0. The van der Waals surface area contributed by atoms with Crippen LogP contribution in [-0.4, -0.2) is 11.8 Å². The van der Waals surface area contributed by atoms with Crippen LogP contribution in [0.2, 0.25) is 5.02 Å². The monoisotopic (exact) mass is 297 g/mol. The van der Waals surface area contributed by atoms with Gasteiger partial charge in [-0.25, -0.2) is 0 Å². The van der Waals surface area contributed by atoms with Gasteiger partial charge >= 0.3 is 0 Å². The van der Waals surface area contributed by atoms with Crippen molar-refractivity contribution < 1.29 is 0 Å². The number of halogens is 1. The Labute approximate surface area is 126 Å². The summed E-state index contributed by atoms with van der Waals surface area (Å²) in [6, 6.07) is 6.45. The third-order valence-electron chi connectivity index (χ3n) is 4.02. The molecule has 1 aromatic carbocycles. The second kappa shape index (κ2) is 7.56. The highest BCUT2D eigenvalue weighted by Crippen LogP contribution is 2.34. The van der Waals surface area contributed by atoms with Gasteiger partial charge in [-0.15, -0.1) is 11.8 Å². The van der Waals surface area contributed by atoms with Crippen LogP contribution in [0, 0.1) is 5.92 Å². The van der Waals surface area contributed by atoms with E-state index >= 15 is 0 Å². The van der Waals surface area contributed by atoms with Crippen molar-refractivity contribution in [2.45, 2.75) is 56.4 Å². The fraction of sp³-hybridized carbons (Fsp3) is 0.625. The Morgan fingerprint density at radius 3 is 2.79 bits per heavy atom. The Balaban J connectivity index is 2.03. The first-order valence-corrected chi connectivity index (χ1v) is 8.72. The molecule has 0 aliphatic heterocycles. The van der Waals surface area contributed by atoms with E-state index in [9.17, 15) is 0 Å². The summed E-state index contributed by atoms with van der Waals surface area (Å²) < 4.78 is 0. The Morgan fingerprint density at radius 2 is 2.11 bits per heavy atom. The SMILES string of the molecule is CCC(N)Cc1c(Cl)cccc1SCC1CCCC1. The maximum absolute atomic E-state index is 6.36. The highest BCUT2D eigenvalue weighted by Gasteiger charge is 2.17. The van der Waals surface area contributed by atoms with Crippen LogP contribution >= 0.6 is 23.4 Å². The van der Waals surface area contributed by atoms with Crippen LogP contribution in [0.4, 0.5) is 0 Å². The van der Waals surface area contributed by atoms with E-state index in [-0.39, 0.29) is 6.04 Å². The van der Waals surface area contributed by atoms with E-state index in [4.69, 9.17) is 17.3 Å². The van der Waals surface area contributed by atoms with E-state index in [1.54, 1.807) is 0 Å². The molecule has 3 heteroatoms. The van der Waals surface area contributed by atoms with E-state index in [1.807, 2.05) is 17.8 Å². The largest absolute Gasteiger partial charge is 0.327 e. The fourth-order valence-corrected chi connectivity index (χ4v) is 4.26. The maximum Gasteiger partial charge on any atom is 0.0449 e. The summed E-state index contributed by atoms with van der Waals surface area (Å²) in [5, 5.41) is 0.875. The molecule has 0 spiro atoms. The van der Waals surface area contributed by atoms with Gasteiger partial charge in [-0.2, -0.15) is 0 Å². The second-order valence-corrected chi connectivity index (χ2v) is 7.02. The molecule has 1 aliphatic carbocycles. The first kappa shape index (κ1) is 15.2. The lowest BCUT2D eigenvalue weighted by atomic mass is 10.0. The average Bonchev–Trinajstić information content (AvgIpc) is 2.92. The van der Waals surface area contributed by atoms with Gasteiger partial charge in [0.25, 0.3) is 0 Å². The van der Waals surface area contributed by atoms with E-state index in [0.29, 0.717) is 0 Å². The second-order valence-electron chi connectivity index (χ2n) is 5.55. The van der Waals surface area contributed by atoms with Crippen molar-refractivity contribution in [3.8, 4) is 0 Å². The smallest absolute Gasteiger partial charge is 0.0449 e. The van der Waals surface area contributed by atoms with E-state index in [2.05, 4.69) is 19.1 Å². The van der Waals surface area contributed by atoms with Gasteiger partial charge in [0.15, 0.2) is 0 Å². The van der Waals surface area contributed by atoms with Crippen LogP contribution in [0.25, 0.3) is 0 Å². The molecule has 1 atom stereocenters. The van der Waals surface area contributed by atoms with Crippen molar-refractivity contribution >= 4 is 23.4 Å². The summed E-state index contributed by atoms with van der Waals surface area (Å²) in [5.74, 6) is 2.13. The van der Waals surface area contributed by atoms with Gasteiger partial charge in [0.05, 0.1) is 0 Å². The molecule has 0 heterocycles. The van der Waals surface area contributed by atoms with Gasteiger partial charge in [0.1, 0.15) is 0 Å². The van der Waals surface area contributed by atoms with Gasteiger partial charge in [-0.1, -0.05) is 37.4 Å². The standard InChI is InChI=1S/C16H24ClNS/c1-2-13(18)10-14-15(17)8-5-9-16(14)19-11-12-6-3-4-7-12/h5,8-9,12-13H,2-4,6-7,10-11,18H2,1H3. The van der Waals surface area contributed by atoms with Crippen molar-refractivity contribution in [1.29, 1.82) is 0 Å². The molecule has 1 unspecified atom stereocenters. The summed E-state index contributed by atoms with van der Waals surface area (Å²) in [6.45, 7) is 2.13. The van der Waals surface area contributed by atoms with Crippen molar-refractivity contribution in [3.63, 3.8) is 0 Å². The van der Waals surface area contributed by atoms with Crippen LogP contribution in [0.5, 0.6) is 0 Å². The molecule has 106 valence electrons. The lowest BCUT2D eigenvalue weighted by Crippen LogP contribution is -2.22. The molecule has 1 saturated carbocycles. The molecule has 0 radical (unpaired) electrons. The van der Waals surface area contributed by atoms with Crippen LogP contribution in [0.1, 0.15) is 44.6 Å². The van der Waals surface area contributed by atoms with Crippen LogP contribution in [-0.2, 0) is 6.42 Å². The first-order chi connectivity index (χ1) is 9.20. The van der Waals surface area contributed by atoms with Gasteiger partial charge in [-0.05, 0) is 49.3 Å². The van der Waals surface area contributed by atoms with Crippen molar-refractivity contribution in [2.24, 2.45) is 11.7 Å². The minimum Gasteiger partial charge on any atom is -0.327 e. The molecule has 0 bridgehead atoms. The molecule has 0 saturated heterocycles. The molecule has 0 aromatic heterocycles. The van der Waals surface area contributed by atoms with E-state index in [0.717, 1.165) is 23.8 Å². The molecular formula is C16H24ClNS. The highest BCUT2D eigenvalue weighted by molar-refractivity contribution is 7.99. The molecule has 1 aromatic rings. The number of hydrogen-bond donors (Lipinski definition) is 1. The third-order valence-corrected chi connectivity index (χ3v) is 5.70. The van der Waals surface area contributed by atoms with E-state index < -0.39 is 0 Å². The van der Waals surface area contributed by atoms with Crippen LogP contribution in [0.15, 0.2) is 23.1 Å². The van der Waals surface area contributed by atoms with Crippen molar-refractivity contribution in [3.05, 3.63) is 28.8 Å². The maximum atomic E-state index is 6.36.